The Morgan fingerprint density at radius 3 is 2.11 bits per heavy atom. The Morgan fingerprint density at radius 2 is 1.53 bits per heavy atom. The van der Waals surface area contributed by atoms with Crippen LogP contribution in [0.5, 0.6) is 0 Å². The van der Waals surface area contributed by atoms with Crippen LogP contribution in [0, 0.1) is 0 Å². The van der Waals surface area contributed by atoms with E-state index < -0.39 is 30.6 Å². The van der Waals surface area contributed by atoms with Gasteiger partial charge in [-0.15, -0.1) is 0 Å². The predicted molar refractivity (Wildman–Crippen MR) is 142 cm³/mol. The molecule has 0 aliphatic carbocycles. The summed E-state index contributed by atoms with van der Waals surface area (Å²) in [6.45, 7) is 0.900. The Morgan fingerprint density at radius 1 is 0.947 bits per heavy atom. The summed E-state index contributed by atoms with van der Waals surface area (Å²) < 4.78 is 17.7. The number of aliphatic hydroxyl groups is 1. The first-order valence-electron chi connectivity index (χ1n) is 12.6. The van der Waals surface area contributed by atoms with Crippen LogP contribution in [0.2, 0.25) is 0 Å². The highest BCUT2D eigenvalue weighted by Crippen LogP contribution is 2.27. The Kier molecular flexibility index (Phi) is 10.1. The van der Waals surface area contributed by atoms with Gasteiger partial charge in [-0.05, 0) is 35.1 Å². The first-order chi connectivity index (χ1) is 18.6. The second-order valence-corrected chi connectivity index (χ2v) is 9.14. The van der Waals surface area contributed by atoms with Crippen LogP contribution in [0.1, 0.15) is 29.5 Å². The molecule has 9 heteroatoms. The van der Waals surface area contributed by atoms with Crippen molar-refractivity contribution in [1.29, 1.82) is 0 Å². The average Bonchev–Trinajstić information content (AvgIpc) is 2.96. The van der Waals surface area contributed by atoms with Crippen LogP contribution in [0.4, 0.5) is 4.79 Å². The van der Waals surface area contributed by atoms with Gasteiger partial charge in [0.25, 0.3) is 0 Å². The molecule has 0 radical (unpaired) electrons. The summed E-state index contributed by atoms with van der Waals surface area (Å²) in [6.07, 6.45) is -1.46. The smallest absolute Gasteiger partial charge is 0.410 e. The fraction of sp³-hybridized carbons (Fsp3) is 0.345. The van der Waals surface area contributed by atoms with Gasteiger partial charge in [0.15, 0.2) is 6.29 Å². The molecule has 1 aliphatic heterocycles. The Labute approximate surface area is 222 Å². The standard InChI is InChI=1S/C29H32N4O5/c30-32-31-25-16-17-27(38-28(25)34)26(21-36-19-23-12-6-2-7-13-23)33(18-22-10-4-1-5-11-22)29(35)37-20-24-14-8-3-9-15-24/h1-15,25-28,34H,16-21H2/t25-,26-,27+,28?/m1/s1. The second-order valence-electron chi connectivity index (χ2n) is 9.14. The molecule has 3 aromatic carbocycles. The van der Waals surface area contributed by atoms with Crippen molar-refractivity contribution >= 4 is 6.09 Å². The van der Waals surface area contributed by atoms with E-state index in [9.17, 15) is 9.90 Å². The summed E-state index contributed by atoms with van der Waals surface area (Å²) in [5.41, 5.74) is 11.6. The van der Waals surface area contributed by atoms with Gasteiger partial charge >= 0.3 is 6.09 Å². The third kappa shape index (κ3) is 7.81. The van der Waals surface area contributed by atoms with Gasteiger partial charge in [-0.2, -0.15) is 0 Å². The molecule has 1 aliphatic rings. The van der Waals surface area contributed by atoms with E-state index in [4.69, 9.17) is 19.7 Å². The monoisotopic (exact) mass is 516 g/mol. The molecule has 0 aromatic heterocycles. The van der Waals surface area contributed by atoms with Crippen molar-refractivity contribution in [2.75, 3.05) is 6.61 Å². The van der Waals surface area contributed by atoms with E-state index in [-0.39, 0.29) is 19.8 Å². The average molecular weight is 517 g/mol. The molecule has 1 N–H and O–H groups in total. The van der Waals surface area contributed by atoms with Crippen molar-refractivity contribution in [3.8, 4) is 0 Å². The number of rotatable bonds is 11. The minimum atomic E-state index is -1.28. The SMILES string of the molecule is [N-]=[N+]=N[C@@H]1CC[C@@H]([C@@H](COCc2ccccc2)N(Cc2ccccc2)C(=O)OCc2ccccc2)OC1O. The molecule has 9 nitrogen and oxygen atoms in total. The van der Waals surface area contributed by atoms with Gasteiger partial charge in [-0.25, -0.2) is 4.79 Å². The molecule has 1 heterocycles. The summed E-state index contributed by atoms with van der Waals surface area (Å²) in [7, 11) is 0. The van der Waals surface area contributed by atoms with Crippen LogP contribution >= 0.6 is 0 Å². The fourth-order valence-corrected chi connectivity index (χ4v) is 4.45. The summed E-state index contributed by atoms with van der Waals surface area (Å²) >= 11 is 0. The number of aliphatic hydroxyl groups excluding tert-OH is 1. The Bertz CT molecular complexity index is 1180. The number of amides is 1. The lowest BCUT2D eigenvalue weighted by molar-refractivity contribution is -0.193. The number of hydrogen-bond donors (Lipinski definition) is 1. The lowest BCUT2D eigenvalue weighted by Crippen LogP contribution is -2.54. The van der Waals surface area contributed by atoms with E-state index in [0.717, 1.165) is 16.7 Å². The van der Waals surface area contributed by atoms with Crippen LogP contribution < -0.4 is 0 Å². The van der Waals surface area contributed by atoms with Crippen LogP contribution in [0.3, 0.4) is 0 Å². The number of benzene rings is 3. The third-order valence-corrected chi connectivity index (χ3v) is 6.46. The quantitative estimate of drug-likeness (QED) is 0.203. The molecule has 1 fully saturated rings. The summed E-state index contributed by atoms with van der Waals surface area (Å²) in [5.74, 6) is 0. The van der Waals surface area contributed by atoms with Gasteiger partial charge in [-0.3, -0.25) is 4.90 Å². The van der Waals surface area contributed by atoms with Crippen molar-refractivity contribution in [2.45, 2.75) is 57.1 Å². The number of hydrogen-bond acceptors (Lipinski definition) is 6. The molecule has 38 heavy (non-hydrogen) atoms. The molecule has 3 aromatic rings. The Hall–Kier alpha value is -3.88. The number of carbonyl (C=O) groups excluding carboxylic acids is 1. The summed E-state index contributed by atoms with van der Waals surface area (Å²) in [5, 5.41) is 14.2. The molecule has 0 spiro atoms. The molecular weight excluding hydrogens is 484 g/mol. The van der Waals surface area contributed by atoms with Crippen LogP contribution in [-0.2, 0) is 34.0 Å². The third-order valence-electron chi connectivity index (χ3n) is 6.46. The van der Waals surface area contributed by atoms with Crippen molar-refractivity contribution in [3.63, 3.8) is 0 Å². The number of nitrogens with zero attached hydrogens (tertiary/aromatic N) is 4. The lowest BCUT2D eigenvalue weighted by Gasteiger charge is -2.40. The zero-order chi connectivity index (χ0) is 26.6. The maximum absolute atomic E-state index is 13.6. The van der Waals surface area contributed by atoms with Crippen LogP contribution in [0.15, 0.2) is 96.1 Å². The molecule has 1 unspecified atom stereocenters. The zero-order valence-electron chi connectivity index (χ0n) is 21.1. The van der Waals surface area contributed by atoms with Gasteiger partial charge in [0.2, 0.25) is 0 Å². The number of carbonyl (C=O) groups is 1. The van der Waals surface area contributed by atoms with Gasteiger partial charge in [0.1, 0.15) is 6.61 Å². The normalized spacial score (nSPS) is 19.7. The first-order valence-corrected chi connectivity index (χ1v) is 12.6. The van der Waals surface area contributed by atoms with E-state index in [1.165, 1.54) is 0 Å². The van der Waals surface area contributed by atoms with E-state index in [1.54, 1.807) is 4.90 Å². The molecule has 1 saturated heterocycles. The second kappa shape index (κ2) is 14.2. The predicted octanol–water partition coefficient (Wildman–Crippen LogP) is 5.59. The minimum absolute atomic E-state index is 0.121. The van der Waals surface area contributed by atoms with E-state index in [1.807, 2.05) is 91.0 Å². The van der Waals surface area contributed by atoms with Crippen molar-refractivity contribution in [1.82, 2.24) is 4.90 Å². The first kappa shape index (κ1) is 27.2. The molecule has 4 atom stereocenters. The zero-order valence-corrected chi connectivity index (χ0v) is 21.1. The summed E-state index contributed by atoms with van der Waals surface area (Å²) in [6, 6.07) is 27.6. The number of azide groups is 1. The highest BCUT2D eigenvalue weighted by molar-refractivity contribution is 5.68. The highest BCUT2D eigenvalue weighted by atomic mass is 16.6. The van der Waals surface area contributed by atoms with Crippen LogP contribution in [-0.4, -0.2) is 47.2 Å². The summed E-state index contributed by atoms with van der Waals surface area (Å²) in [4.78, 5) is 18.0. The van der Waals surface area contributed by atoms with Gasteiger partial charge in [-0.1, -0.05) is 96.1 Å². The van der Waals surface area contributed by atoms with E-state index in [2.05, 4.69) is 10.0 Å². The van der Waals surface area contributed by atoms with Gasteiger partial charge < -0.3 is 19.3 Å². The largest absolute Gasteiger partial charge is 0.445 e. The van der Waals surface area contributed by atoms with Gasteiger partial charge in [0.05, 0.1) is 31.4 Å². The number of ether oxygens (including phenoxy) is 3. The van der Waals surface area contributed by atoms with E-state index in [0.29, 0.717) is 19.4 Å². The molecule has 0 saturated carbocycles. The van der Waals surface area contributed by atoms with Crippen molar-refractivity contribution in [3.05, 3.63) is 118 Å². The van der Waals surface area contributed by atoms with Gasteiger partial charge in [0, 0.05) is 11.5 Å². The fourth-order valence-electron chi connectivity index (χ4n) is 4.45. The van der Waals surface area contributed by atoms with Crippen molar-refractivity contribution < 1.29 is 24.1 Å². The maximum Gasteiger partial charge on any atom is 0.410 e. The molecule has 4 rings (SSSR count). The Balaban J connectivity index is 1.56. The molecule has 198 valence electrons. The van der Waals surface area contributed by atoms with E-state index >= 15 is 0 Å². The molecule has 1 amide bonds. The lowest BCUT2D eigenvalue weighted by atomic mass is 9.97. The molecule has 0 bridgehead atoms. The maximum atomic E-state index is 13.6. The molecular formula is C29H32N4O5. The highest BCUT2D eigenvalue weighted by Gasteiger charge is 2.39. The topological polar surface area (TPSA) is 117 Å². The van der Waals surface area contributed by atoms with Crippen molar-refractivity contribution in [2.24, 2.45) is 5.11 Å². The van der Waals surface area contributed by atoms with Crippen LogP contribution in [0.25, 0.3) is 10.4 Å². The minimum Gasteiger partial charge on any atom is -0.445 e.